The molecule has 1 aliphatic heterocycles. The number of piperidine rings is 1. The van der Waals surface area contributed by atoms with Crippen molar-refractivity contribution < 1.29 is 4.74 Å². The van der Waals surface area contributed by atoms with Crippen molar-refractivity contribution in [1.82, 2.24) is 9.88 Å². The highest BCUT2D eigenvalue weighted by molar-refractivity contribution is 6.29. The molecule has 17 heavy (non-hydrogen) atoms. The number of hydrogen-bond donors (Lipinski definition) is 0. The molecule has 2 heterocycles. The molecule has 1 unspecified atom stereocenters. The summed E-state index contributed by atoms with van der Waals surface area (Å²) in [6.45, 7) is 5.96. The second-order valence-corrected chi connectivity index (χ2v) is 4.83. The smallest absolute Gasteiger partial charge is 0.129 e. The maximum Gasteiger partial charge on any atom is 0.129 e. The van der Waals surface area contributed by atoms with E-state index in [0.29, 0.717) is 11.3 Å². The lowest BCUT2D eigenvalue weighted by atomic mass is 10.1. The van der Waals surface area contributed by atoms with Crippen LogP contribution in [0.25, 0.3) is 0 Å². The third-order valence-corrected chi connectivity index (χ3v) is 3.27. The topological polar surface area (TPSA) is 25.4 Å². The molecule has 0 N–H and O–H groups in total. The van der Waals surface area contributed by atoms with Crippen LogP contribution in [0.1, 0.15) is 25.3 Å². The number of hydrogen-bond acceptors (Lipinski definition) is 3. The molecule has 0 amide bonds. The molecular formula is C13H19ClN2O. The van der Waals surface area contributed by atoms with Crippen LogP contribution < -0.4 is 0 Å². The number of aromatic nitrogens is 1. The zero-order chi connectivity index (χ0) is 12.1. The fourth-order valence-electron chi connectivity index (χ4n) is 2.33. The number of rotatable bonds is 4. The minimum absolute atomic E-state index is 0.394. The van der Waals surface area contributed by atoms with Gasteiger partial charge in [-0.15, -0.1) is 0 Å². The summed E-state index contributed by atoms with van der Waals surface area (Å²) in [4.78, 5) is 6.43. The largest absolute Gasteiger partial charge is 0.377 e. The maximum absolute atomic E-state index is 5.89. The summed E-state index contributed by atoms with van der Waals surface area (Å²) in [6, 6.07) is 3.96. The predicted molar refractivity (Wildman–Crippen MR) is 69.2 cm³/mol. The van der Waals surface area contributed by atoms with Gasteiger partial charge >= 0.3 is 0 Å². The van der Waals surface area contributed by atoms with Crippen LogP contribution in [-0.2, 0) is 11.3 Å². The number of likely N-dealkylation sites (tertiary alicyclic amines) is 1. The van der Waals surface area contributed by atoms with Crippen molar-refractivity contribution in [2.45, 2.75) is 32.4 Å². The number of halogens is 1. The maximum atomic E-state index is 5.89. The fourth-order valence-corrected chi connectivity index (χ4v) is 2.52. The summed E-state index contributed by atoms with van der Waals surface area (Å²) in [6.07, 6.45) is 4.55. The van der Waals surface area contributed by atoms with Gasteiger partial charge in [-0.25, -0.2) is 4.98 Å². The molecule has 94 valence electrons. The van der Waals surface area contributed by atoms with Crippen LogP contribution in [-0.4, -0.2) is 35.7 Å². The molecule has 1 fully saturated rings. The Balaban J connectivity index is 1.90. The van der Waals surface area contributed by atoms with Gasteiger partial charge in [0.05, 0.1) is 6.10 Å². The van der Waals surface area contributed by atoms with E-state index in [9.17, 15) is 0 Å². The summed E-state index contributed by atoms with van der Waals surface area (Å²) in [5, 5.41) is 0.570. The van der Waals surface area contributed by atoms with Gasteiger partial charge in [-0.2, -0.15) is 0 Å². The van der Waals surface area contributed by atoms with Crippen molar-refractivity contribution in [2.75, 3.05) is 19.7 Å². The number of ether oxygens (including phenoxy) is 1. The third kappa shape index (κ3) is 3.95. The van der Waals surface area contributed by atoms with Crippen LogP contribution in [0.5, 0.6) is 0 Å². The van der Waals surface area contributed by atoms with Gasteiger partial charge in [-0.3, -0.25) is 4.90 Å². The van der Waals surface area contributed by atoms with E-state index < -0.39 is 0 Å². The first-order valence-corrected chi connectivity index (χ1v) is 6.60. The summed E-state index contributed by atoms with van der Waals surface area (Å²) in [5.41, 5.74) is 1.22. The molecule has 0 aliphatic carbocycles. The molecule has 1 saturated heterocycles. The van der Waals surface area contributed by atoms with Crippen LogP contribution in [0.3, 0.4) is 0 Å². The van der Waals surface area contributed by atoms with E-state index in [1.54, 1.807) is 6.20 Å². The van der Waals surface area contributed by atoms with Crippen molar-refractivity contribution in [3.63, 3.8) is 0 Å². The molecular weight excluding hydrogens is 236 g/mol. The Morgan fingerprint density at radius 2 is 2.47 bits per heavy atom. The van der Waals surface area contributed by atoms with E-state index in [-0.39, 0.29) is 0 Å². The lowest BCUT2D eigenvalue weighted by molar-refractivity contribution is 0.00363. The van der Waals surface area contributed by atoms with Crippen LogP contribution >= 0.6 is 11.6 Å². The molecule has 2 rings (SSSR count). The first-order chi connectivity index (χ1) is 8.28. The lowest BCUT2D eigenvalue weighted by Crippen LogP contribution is -2.39. The highest BCUT2D eigenvalue weighted by Gasteiger charge is 2.19. The Labute approximate surface area is 108 Å². The van der Waals surface area contributed by atoms with Crippen LogP contribution in [0.15, 0.2) is 18.3 Å². The Kier molecular flexibility index (Phi) is 4.77. The summed E-state index contributed by atoms with van der Waals surface area (Å²) < 4.78 is 5.69. The van der Waals surface area contributed by atoms with Crippen molar-refractivity contribution >= 4 is 11.6 Å². The van der Waals surface area contributed by atoms with Gasteiger partial charge in [-0.1, -0.05) is 11.6 Å². The first-order valence-electron chi connectivity index (χ1n) is 6.22. The number of nitrogens with zero attached hydrogens (tertiary/aromatic N) is 2. The summed E-state index contributed by atoms with van der Waals surface area (Å²) in [5.74, 6) is 0. The fraction of sp³-hybridized carbons (Fsp3) is 0.615. The van der Waals surface area contributed by atoms with Crippen molar-refractivity contribution in [3.8, 4) is 0 Å². The third-order valence-electron chi connectivity index (χ3n) is 3.06. The Hall–Kier alpha value is -0.640. The molecule has 1 aromatic heterocycles. The highest BCUT2D eigenvalue weighted by atomic mass is 35.5. The normalized spacial score (nSPS) is 21.6. The second-order valence-electron chi connectivity index (χ2n) is 4.44. The molecule has 4 heteroatoms. The first kappa shape index (κ1) is 12.8. The zero-order valence-electron chi connectivity index (χ0n) is 10.2. The zero-order valence-corrected chi connectivity index (χ0v) is 11.0. The lowest BCUT2D eigenvalue weighted by Gasteiger charge is -2.32. The van der Waals surface area contributed by atoms with E-state index in [2.05, 4.69) is 16.8 Å². The quantitative estimate of drug-likeness (QED) is 0.773. The SMILES string of the molecule is CCOC1CCCN(Cc2ccnc(Cl)c2)C1. The van der Waals surface area contributed by atoms with Crippen LogP contribution in [0.2, 0.25) is 5.15 Å². The monoisotopic (exact) mass is 254 g/mol. The minimum atomic E-state index is 0.394. The van der Waals surface area contributed by atoms with E-state index >= 15 is 0 Å². The molecule has 1 aliphatic rings. The highest BCUT2D eigenvalue weighted by Crippen LogP contribution is 2.16. The molecule has 0 spiro atoms. The van der Waals surface area contributed by atoms with E-state index in [1.807, 2.05) is 12.1 Å². The average Bonchev–Trinajstić information content (AvgIpc) is 2.30. The molecule has 3 nitrogen and oxygen atoms in total. The van der Waals surface area contributed by atoms with Crippen molar-refractivity contribution in [2.24, 2.45) is 0 Å². The van der Waals surface area contributed by atoms with Gasteiger partial charge in [0.1, 0.15) is 5.15 Å². The van der Waals surface area contributed by atoms with Gasteiger partial charge in [0, 0.05) is 25.9 Å². The Bertz CT molecular complexity index is 357. The number of pyridine rings is 1. The van der Waals surface area contributed by atoms with E-state index in [0.717, 1.165) is 26.2 Å². The van der Waals surface area contributed by atoms with Crippen molar-refractivity contribution in [3.05, 3.63) is 29.0 Å². The van der Waals surface area contributed by atoms with E-state index in [4.69, 9.17) is 16.3 Å². The van der Waals surface area contributed by atoms with Gasteiger partial charge in [0.2, 0.25) is 0 Å². The van der Waals surface area contributed by atoms with E-state index in [1.165, 1.54) is 18.4 Å². The summed E-state index contributed by atoms with van der Waals surface area (Å²) >= 11 is 5.89. The van der Waals surface area contributed by atoms with Gasteiger partial charge < -0.3 is 4.74 Å². The molecule has 0 radical (unpaired) electrons. The molecule has 0 saturated carbocycles. The predicted octanol–water partition coefficient (Wildman–Crippen LogP) is 2.74. The average molecular weight is 255 g/mol. The van der Waals surface area contributed by atoms with Gasteiger partial charge in [0.15, 0.2) is 0 Å². The summed E-state index contributed by atoms with van der Waals surface area (Å²) in [7, 11) is 0. The molecule has 0 bridgehead atoms. The molecule has 1 aromatic rings. The Morgan fingerprint density at radius 1 is 1.59 bits per heavy atom. The van der Waals surface area contributed by atoms with Gasteiger partial charge in [-0.05, 0) is 44.0 Å². The molecule has 0 aromatic carbocycles. The molecule has 1 atom stereocenters. The van der Waals surface area contributed by atoms with Crippen LogP contribution in [0.4, 0.5) is 0 Å². The van der Waals surface area contributed by atoms with Gasteiger partial charge in [0.25, 0.3) is 0 Å². The minimum Gasteiger partial charge on any atom is -0.377 e. The van der Waals surface area contributed by atoms with Crippen LogP contribution in [0, 0.1) is 0 Å². The second kappa shape index (κ2) is 6.34. The standard InChI is InChI=1S/C13H19ClN2O/c1-2-17-12-4-3-7-16(10-12)9-11-5-6-15-13(14)8-11/h5-6,8,12H,2-4,7,9-10H2,1H3. The van der Waals surface area contributed by atoms with Crippen molar-refractivity contribution in [1.29, 1.82) is 0 Å². The Morgan fingerprint density at radius 3 is 3.24 bits per heavy atom.